The van der Waals surface area contributed by atoms with Crippen molar-refractivity contribution in [3.63, 3.8) is 0 Å². The minimum atomic E-state index is -0.717. The number of nitrogens with zero attached hydrogens (tertiary/aromatic N) is 1. The number of hydrogen-bond donors (Lipinski definition) is 1. The highest BCUT2D eigenvalue weighted by molar-refractivity contribution is 5.66. The van der Waals surface area contributed by atoms with E-state index in [1.54, 1.807) is 12.1 Å². The zero-order valence-corrected chi connectivity index (χ0v) is 11.7. The molecule has 4 heteroatoms. The van der Waals surface area contributed by atoms with Crippen LogP contribution in [-0.2, 0) is 11.2 Å². The maximum Gasteiger partial charge on any atom is 0.303 e. The van der Waals surface area contributed by atoms with Gasteiger partial charge in [0.1, 0.15) is 5.82 Å². The minimum absolute atomic E-state index is 0.159. The van der Waals surface area contributed by atoms with Gasteiger partial charge in [0, 0.05) is 6.42 Å². The van der Waals surface area contributed by atoms with Crippen LogP contribution in [0.4, 0.5) is 4.39 Å². The zero-order chi connectivity index (χ0) is 14.4. The molecular weight excluding hydrogens is 257 g/mol. The normalized spacial score (nSPS) is 17.2. The summed E-state index contributed by atoms with van der Waals surface area (Å²) in [4.78, 5) is 12.8. The van der Waals surface area contributed by atoms with Crippen molar-refractivity contribution in [1.82, 2.24) is 4.90 Å². The van der Waals surface area contributed by atoms with Crippen molar-refractivity contribution in [1.29, 1.82) is 0 Å². The Bertz CT molecular complexity index is 442. The number of hydrogen-bond acceptors (Lipinski definition) is 2. The number of benzene rings is 1. The molecule has 1 heterocycles. The molecule has 1 N–H and O–H groups in total. The average molecular weight is 279 g/mol. The van der Waals surface area contributed by atoms with Crippen molar-refractivity contribution < 1.29 is 14.3 Å². The van der Waals surface area contributed by atoms with Gasteiger partial charge in [0.25, 0.3) is 0 Å². The molecule has 0 spiro atoms. The molecule has 3 nitrogen and oxygen atoms in total. The molecule has 1 saturated heterocycles. The van der Waals surface area contributed by atoms with Gasteiger partial charge in [-0.15, -0.1) is 0 Å². The van der Waals surface area contributed by atoms with Crippen molar-refractivity contribution in [2.45, 2.75) is 32.1 Å². The molecule has 1 aliphatic rings. The topological polar surface area (TPSA) is 40.5 Å². The second-order valence-corrected chi connectivity index (χ2v) is 5.62. The Hall–Kier alpha value is -1.42. The van der Waals surface area contributed by atoms with Gasteiger partial charge in [-0.1, -0.05) is 12.1 Å². The lowest BCUT2D eigenvalue weighted by atomic mass is 9.90. The highest BCUT2D eigenvalue weighted by Crippen LogP contribution is 2.22. The molecule has 20 heavy (non-hydrogen) atoms. The van der Waals surface area contributed by atoms with E-state index in [0.717, 1.165) is 50.9 Å². The molecule has 110 valence electrons. The summed E-state index contributed by atoms with van der Waals surface area (Å²) in [6.07, 6.45) is 4.15. The monoisotopic (exact) mass is 279 g/mol. The fraction of sp³-hybridized carbons (Fsp3) is 0.562. The molecule has 1 aromatic rings. The lowest BCUT2D eigenvalue weighted by Gasteiger charge is -2.31. The lowest BCUT2D eigenvalue weighted by molar-refractivity contribution is -0.137. The summed E-state index contributed by atoms with van der Waals surface area (Å²) < 4.78 is 13.1. The molecule has 0 unspecified atom stereocenters. The molecule has 0 aromatic heterocycles. The quantitative estimate of drug-likeness (QED) is 0.870. The molecule has 1 fully saturated rings. The van der Waals surface area contributed by atoms with E-state index in [1.165, 1.54) is 6.07 Å². The van der Waals surface area contributed by atoms with Gasteiger partial charge in [0.15, 0.2) is 0 Å². The molecule has 0 aliphatic carbocycles. The van der Waals surface area contributed by atoms with E-state index in [-0.39, 0.29) is 12.2 Å². The molecule has 0 bridgehead atoms. The van der Waals surface area contributed by atoms with Crippen molar-refractivity contribution >= 4 is 5.97 Å². The summed E-state index contributed by atoms with van der Waals surface area (Å²) >= 11 is 0. The smallest absolute Gasteiger partial charge is 0.303 e. The summed E-state index contributed by atoms with van der Waals surface area (Å²) in [5, 5.41) is 8.62. The number of aliphatic carboxylic acids is 1. The summed E-state index contributed by atoms with van der Waals surface area (Å²) in [5.41, 5.74) is 1.08. The summed E-state index contributed by atoms with van der Waals surface area (Å²) in [7, 11) is 0. The van der Waals surface area contributed by atoms with Gasteiger partial charge >= 0.3 is 5.97 Å². The molecular formula is C16H22FNO2. The Balaban J connectivity index is 1.70. The van der Waals surface area contributed by atoms with Crippen molar-refractivity contribution in [2.75, 3.05) is 19.6 Å². The predicted octanol–water partition coefficient (Wildman–Crippen LogP) is 2.95. The van der Waals surface area contributed by atoms with Gasteiger partial charge in [-0.2, -0.15) is 0 Å². The van der Waals surface area contributed by atoms with Gasteiger partial charge in [-0.25, -0.2) is 4.39 Å². The Labute approximate surface area is 119 Å². The number of carbonyl (C=O) groups is 1. The third kappa shape index (κ3) is 4.93. The van der Waals surface area contributed by atoms with Crippen LogP contribution < -0.4 is 0 Å². The van der Waals surface area contributed by atoms with Crippen LogP contribution in [-0.4, -0.2) is 35.6 Å². The lowest BCUT2D eigenvalue weighted by Crippen LogP contribution is -2.35. The average Bonchev–Trinajstić information content (AvgIpc) is 2.40. The third-order valence-corrected chi connectivity index (χ3v) is 3.99. The summed E-state index contributed by atoms with van der Waals surface area (Å²) in [5.74, 6) is -0.257. The van der Waals surface area contributed by atoms with Gasteiger partial charge in [-0.3, -0.25) is 4.79 Å². The van der Waals surface area contributed by atoms with Crippen molar-refractivity contribution in [3.8, 4) is 0 Å². The maximum atomic E-state index is 13.1. The zero-order valence-electron chi connectivity index (χ0n) is 11.7. The standard InChI is InChI=1S/C16H22FNO2/c17-15-4-1-3-14(12-15)11-13-6-9-18(10-7-13)8-2-5-16(19)20/h1,3-4,12-13H,2,5-11H2,(H,19,20). The first-order chi connectivity index (χ1) is 9.63. The maximum absolute atomic E-state index is 13.1. The predicted molar refractivity (Wildman–Crippen MR) is 76.1 cm³/mol. The van der Waals surface area contributed by atoms with Crippen molar-refractivity contribution in [2.24, 2.45) is 5.92 Å². The van der Waals surface area contributed by atoms with Crippen LogP contribution in [0.5, 0.6) is 0 Å². The Morgan fingerprint density at radius 3 is 2.75 bits per heavy atom. The molecule has 0 amide bonds. The molecule has 0 radical (unpaired) electrons. The Kier molecular flexibility index (Phi) is 5.53. The minimum Gasteiger partial charge on any atom is -0.481 e. The van der Waals surface area contributed by atoms with Crippen LogP contribution in [0.3, 0.4) is 0 Å². The number of carboxylic acid groups (broad SMARTS) is 1. The molecule has 1 aromatic carbocycles. The van der Waals surface area contributed by atoms with Gasteiger partial charge in [0.05, 0.1) is 0 Å². The number of likely N-dealkylation sites (tertiary alicyclic amines) is 1. The van der Waals surface area contributed by atoms with Gasteiger partial charge < -0.3 is 10.0 Å². The summed E-state index contributed by atoms with van der Waals surface area (Å²) in [6, 6.07) is 6.86. The molecule has 2 rings (SSSR count). The molecule has 1 aliphatic heterocycles. The van der Waals surface area contributed by atoms with Crippen LogP contribution in [0.15, 0.2) is 24.3 Å². The second-order valence-electron chi connectivity index (χ2n) is 5.62. The van der Waals surface area contributed by atoms with Crippen LogP contribution in [0.2, 0.25) is 0 Å². The largest absolute Gasteiger partial charge is 0.481 e. The third-order valence-electron chi connectivity index (χ3n) is 3.99. The number of rotatable bonds is 6. The van der Waals surface area contributed by atoms with E-state index in [0.29, 0.717) is 5.92 Å². The van der Waals surface area contributed by atoms with E-state index in [2.05, 4.69) is 4.90 Å². The fourth-order valence-corrected chi connectivity index (χ4v) is 2.87. The van der Waals surface area contributed by atoms with Gasteiger partial charge in [0.2, 0.25) is 0 Å². The van der Waals surface area contributed by atoms with Crippen LogP contribution in [0.1, 0.15) is 31.2 Å². The highest BCUT2D eigenvalue weighted by Gasteiger charge is 2.19. The van der Waals surface area contributed by atoms with E-state index in [1.807, 2.05) is 6.07 Å². The van der Waals surface area contributed by atoms with Crippen molar-refractivity contribution in [3.05, 3.63) is 35.6 Å². The Morgan fingerprint density at radius 2 is 2.10 bits per heavy atom. The second kappa shape index (κ2) is 7.39. The van der Waals surface area contributed by atoms with E-state index < -0.39 is 5.97 Å². The van der Waals surface area contributed by atoms with Gasteiger partial charge in [-0.05, 0) is 68.9 Å². The number of carboxylic acids is 1. The Morgan fingerprint density at radius 1 is 1.35 bits per heavy atom. The fourth-order valence-electron chi connectivity index (χ4n) is 2.87. The first-order valence-electron chi connectivity index (χ1n) is 7.32. The summed E-state index contributed by atoms with van der Waals surface area (Å²) in [6.45, 7) is 2.93. The first kappa shape index (κ1) is 15.0. The van der Waals surface area contributed by atoms with Crippen LogP contribution in [0.25, 0.3) is 0 Å². The first-order valence-corrected chi connectivity index (χ1v) is 7.32. The SMILES string of the molecule is O=C(O)CCCN1CCC(Cc2cccc(F)c2)CC1. The number of piperidine rings is 1. The van der Waals surface area contributed by atoms with Crippen LogP contribution in [0, 0.1) is 11.7 Å². The molecule has 0 saturated carbocycles. The highest BCUT2D eigenvalue weighted by atomic mass is 19.1. The van der Waals surface area contributed by atoms with E-state index in [9.17, 15) is 9.18 Å². The molecule has 0 atom stereocenters. The van der Waals surface area contributed by atoms with Crippen LogP contribution >= 0.6 is 0 Å². The number of halogens is 1. The van der Waals surface area contributed by atoms with E-state index in [4.69, 9.17) is 5.11 Å². The van der Waals surface area contributed by atoms with E-state index >= 15 is 0 Å².